The Labute approximate surface area is 199 Å². The first-order chi connectivity index (χ1) is 17.1. The van der Waals surface area contributed by atoms with Crippen molar-refractivity contribution < 1.29 is 23.0 Å². The highest BCUT2D eigenvalue weighted by Gasteiger charge is 2.18. The highest BCUT2D eigenvalue weighted by molar-refractivity contribution is 5.93. The van der Waals surface area contributed by atoms with Crippen molar-refractivity contribution >= 4 is 28.3 Å². The van der Waals surface area contributed by atoms with Crippen LogP contribution in [0.2, 0.25) is 0 Å². The van der Waals surface area contributed by atoms with Gasteiger partial charge in [0.15, 0.2) is 24.1 Å². The number of benzene rings is 2. The lowest BCUT2D eigenvalue weighted by Crippen LogP contribution is -2.42. The van der Waals surface area contributed by atoms with Crippen LogP contribution in [-0.2, 0) is 9.53 Å². The third-order valence-electron chi connectivity index (χ3n) is 5.50. The van der Waals surface area contributed by atoms with E-state index in [1.54, 1.807) is 41.6 Å². The minimum atomic E-state index is -0.980. The van der Waals surface area contributed by atoms with Gasteiger partial charge < -0.3 is 19.7 Å². The van der Waals surface area contributed by atoms with Crippen molar-refractivity contribution in [3.8, 4) is 17.1 Å². The van der Waals surface area contributed by atoms with Gasteiger partial charge in [-0.3, -0.25) is 9.78 Å². The number of hydrogen-bond acceptors (Lipinski definition) is 7. The zero-order valence-corrected chi connectivity index (χ0v) is 18.6. The number of halogens is 2. The standard InChI is InChI=1S/C25H21F2N5O3/c26-20-5-3-17(12-21(20)27)29-25-19-13-18(35-15-23(33)32-8-10-34-11-9-32)4-6-22(19)30-24(31-25)16-2-1-7-28-14-16/h1-7,12-14H,8-11,15H2,(H,29,30,31). The summed E-state index contributed by atoms with van der Waals surface area (Å²) in [7, 11) is 0. The molecule has 0 atom stereocenters. The van der Waals surface area contributed by atoms with Crippen LogP contribution < -0.4 is 10.1 Å². The molecule has 0 unspecified atom stereocenters. The summed E-state index contributed by atoms with van der Waals surface area (Å²) >= 11 is 0. The number of morpholine rings is 1. The molecule has 4 aromatic rings. The summed E-state index contributed by atoms with van der Waals surface area (Å²) in [5, 5.41) is 3.63. The predicted molar refractivity (Wildman–Crippen MR) is 125 cm³/mol. The molecule has 0 spiro atoms. The van der Waals surface area contributed by atoms with Crippen LogP contribution in [0.3, 0.4) is 0 Å². The van der Waals surface area contributed by atoms with Gasteiger partial charge in [-0.25, -0.2) is 18.7 Å². The Hall–Kier alpha value is -4.18. The fourth-order valence-corrected chi connectivity index (χ4v) is 3.68. The molecule has 178 valence electrons. The Balaban J connectivity index is 1.47. The summed E-state index contributed by atoms with van der Waals surface area (Å²) in [5.41, 5.74) is 1.60. The number of ether oxygens (including phenoxy) is 2. The normalized spacial score (nSPS) is 13.6. The first-order valence-corrected chi connectivity index (χ1v) is 11.0. The summed E-state index contributed by atoms with van der Waals surface area (Å²) in [6, 6.07) is 12.3. The van der Waals surface area contributed by atoms with E-state index >= 15 is 0 Å². The van der Waals surface area contributed by atoms with E-state index in [1.807, 2.05) is 6.07 Å². The van der Waals surface area contributed by atoms with Crippen molar-refractivity contribution in [1.82, 2.24) is 19.9 Å². The van der Waals surface area contributed by atoms with E-state index in [0.29, 0.717) is 65.8 Å². The molecule has 35 heavy (non-hydrogen) atoms. The van der Waals surface area contributed by atoms with E-state index in [0.717, 1.165) is 12.1 Å². The Morgan fingerprint density at radius 1 is 1.06 bits per heavy atom. The quantitative estimate of drug-likeness (QED) is 0.450. The number of anilines is 2. The van der Waals surface area contributed by atoms with E-state index in [9.17, 15) is 13.6 Å². The summed E-state index contributed by atoms with van der Waals surface area (Å²) < 4.78 is 38.3. The maximum Gasteiger partial charge on any atom is 0.260 e. The summed E-state index contributed by atoms with van der Waals surface area (Å²) in [6.07, 6.45) is 3.28. The van der Waals surface area contributed by atoms with Gasteiger partial charge in [-0.05, 0) is 42.5 Å². The number of carbonyl (C=O) groups is 1. The fraction of sp³-hybridized carbons (Fsp3) is 0.200. The number of aromatic nitrogens is 3. The molecule has 0 aliphatic carbocycles. The average molecular weight is 477 g/mol. The van der Waals surface area contributed by atoms with Crippen LogP contribution in [-0.4, -0.2) is 58.7 Å². The van der Waals surface area contributed by atoms with Crippen molar-refractivity contribution in [1.29, 1.82) is 0 Å². The summed E-state index contributed by atoms with van der Waals surface area (Å²) in [5.74, 6) is -0.829. The number of pyridine rings is 1. The van der Waals surface area contributed by atoms with E-state index < -0.39 is 11.6 Å². The van der Waals surface area contributed by atoms with Crippen LogP contribution in [0, 0.1) is 11.6 Å². The molecule has 0 bridgehead atoms. The van der Waals surface area contributed by atoms with Crippen LogP contribution in [0.15, 0.2) is 60.9 Å². The van der Waals surface area contributed by atoms with Crippen molar-refractivity contribution in [3.05, 3.63) is 72.6 Å². The number of nitrogens with zero attached hydrogens (tertiary/aromatic N) is 4. The molecule has 2 aromatic heterocycles. The number of carbonyl (C=O) groups excluding carboxylic acids is 1. The lowest BCUT2D eigenvalue weighted by molar-refractivity contribution is -0.137. The largest absolute Gasteiger partial charge is 0.484 e. The molecule has 1 amide bonds. The first kappa shape index (κ1) is 22.6. The molecule has 0 saturated carbocycles. The Morgan fingerprint density at radius 3 is 2.69 bits per heavy atom. The van der Waals surface area contributed by atoms with E-state index in [1.165, 1.54) is 6.07 Å². The Kier molecular flexibility index (Phi) is 6.44. The highest BCUT2D eigenvalue weighted by Crippen LogP contribution is 2.30. The molecular formula is C25H21F2N5O3. The maximum atomic E-state index is 13.8. The number of amides is 1. The predicted octanol–water partition coefficient (Wildman–Crippen LogP) is 3.95. The van der Waals surface area contributed by atoms with Crippen LogP contribution >= 0.6 is 0 Å². The molecule has 1 N–H and O–H groups in total. The van der Waals surface area contributed by atoms with Gasteiger partial charge in [0.2, 0.25) is 0 Å². The average Bonchev–Trinajstić information content (AvgIpc) is 2.90. The van der Waals surface area contributed by atoms with Gasteiger partial charge in [-0.1, -0.05) is 0 Å². The van der Waals surface area contributed by atoms with Crippen molar-refractivity contribution in [2.24, 2.45) is 0 Å². The maximum absolute atomic E-state index is 13.8. The zero-order valence-electron chi connectivity index (χ0n) is 18.6. The fourth-order valence-electron chi connectivity index (χ4n) is 3.68. The van der Waals surface area contributed by atoms with E-state index in [2.05, 4.69) is 20.3 Å². The number of rotatable bonds is 6. The minimum Gasteiger partial charge on any atom is -0.484 e. The number of fused-ring (bicyclic) bond motifs is 1. The molecule has 3 heterocycles. The van der Waals surface area contributed by atoms with Gasteiger partial charge in [-0.15, -0.1) is 0 Å². The second-order valence-corrected chi connectivity index (χ2v) is 7.85. The Bertz CT molecular complexity index is 1360. The van der Waals surface area contributed by atoms with Gasteiger partial charge in [0.1, 0.15) is 11.6 Å². The molecule has 1 aliphatic rings. The zero-order chi connectivity index (χ0) is 24.2. The summed E-state index contributed by atoms with van der Waals surface area (Å²) in [4.78, 5) is 27.5. The van der Waals surface area contributed by atoms with E-state index in [4.69, 9.17) is 9.47 Å². The smallest absolute Gasteiger partial charge is 0.260 e. The van der Waals surface area contributed by atoms with Crippen molar-refractivity contribution in [3.63, 3.8) is 0 Å². The minimum absolute atomic E-state index is 0.119. The van der Waals surface area contributed by atoms with Gasteiger partial charge in [0, 0.05) is 48.2 Å². The molecule has 1 saturated heterocycles. The molecule has 5 rings (SSSR count). The van der Waals surface area contributed by atoms with E-state index in [-0.39, 0.29) is 12.5 Å². The van der Waals surface area contributed by atoms with Crippen LogP contribution in [0.25, 0.3) is 22.3 Å². The lowest BCUT2D eigenvalue weighted by Gasteiger charge is -2.26. The van der Waals surface area contributed by atoms with Crippen LogP contribution in [0.4, 0.5) is 20.3 Å². The second-order valence-electron chi connectivity index (χ2n) is 7.85. The summed E-state index contributed by atoms with van der Waals surface area (Å²) in [6.45, 7) is 1.97. The monoisotopic (exact) mass is 477 g/mol. The van der Waals surface area contributed by atoms with Gasteiger partial charge in [0.25, 0.3) is 5.91 Å². The molecule has 1 fully saturated rings. The first-order valence-electron chi connectivity index (χ1n) is 11.0. The molecule has 0 radical (unpaired) electrons. The van der Waals surface area contributed by atoms with Crippen LogP contribution in [0.5, 0.6) is 5.75 Å². The Morgan fingerprint density at radius 2 is 1.91 bits per heavy atom. The topological polar surface area (TPSA) is 89.5 Å². The highest BCUT2D eigenvalue weighted by atomic mass is 19.2. The van der Waals surface area contributed by atoms with Crippen molar-refractivity contribution in [2.45, 2.75) is 0 Å². The number of hydrogen-bond donors (Lipinski definition) is 1. The molecule has 10 heteroatoms. The number of nitrogens with one attached hydrogen (secondary N) is 1. The SMILES string of the molecule is O=C(COc1ccc2nc(-c3cccnc3)nc(Nc3ccc(F)c(F)c3)c2c1)N1CCOCC1. The molecule has 8 nitrogen and oxygen atoms in total. The molecule has 1 aliphatic heterocycles. The van der Waals surface area contributed by atoms with Gasteiger partial charge >= 0.3 is 0 Å². The molecule has 2 aromatic carbocycles. The second kappa shape index (κ2) is 9.98. The third-order valence-corrected chi connectivity index (χ3v) is 5.50. The van der Waals surface area contributed by atoms with Crippen molar-refractivity contribution in [2.75, 3.05) is 38.2 Å². The van der Waals surface area contributed by atoms with Crippen LogP contribution in [0.1, 0.15) is 0 Å². The van der Waals surface area contributed by atoms with Gasteiger partial charge in [0.05, 0.1) is 18.7 Å². The van der Waals surface area contributed by atoms with Gasteiger partial charge in [-0.2, -0.15) is 0 Å². The third kappa shape index (κ3) is 5.17. The lowest BCUT2D eigenvalue weighted by atomic mass is 10.2. The molecular weight excluding hydrogens is 456 g/mol.